The van der Waals surface area contributed by atoms with Gasteiger partial charge in [-0.3, -0.25) is 10.6 Å². The third kappa shape index (κ3) is 4.56. The number of ether oxygens (including phenoxy) is 3. The SMILES string of the molecule is NC1=NC(N)(c2ccc(S(=O)(=O)N3CCC(N4CCOCC4)CC3)c3c2OCCO3)Nc2[nH]cc(C(F)(F)F)c21. The molecule has 2 saturated heterocycles. The van der Waals surface area contributed by atoms with Gasteiger partial charge in [-0.05, 0) is 25.0 Å². The van der Waals surface area contributed by atoms with Crippen LogP contribution < -0.4 is 26.3 Å². The Morgan fingerprint density at radius 3 is 2.38 bits per heavy atom. The van der Waals surface area contributed by atoms with Gasteiger partial charge < -0.3 is 30.2 Å². The highest BCUT2D eigenvalue weighted by Crippen LogP contribution is 2.46. The Kier molecular flexibility index (Phi) is 6.65. The number of nitrogens with zero attached hydrogens (tertiary/aromatic N) is 3. The van der Waals surface area contributed by atoms with Crippen molar-refractivity contribution < 1.29 is 35.8 Å². The van der Waals surface area contributed by atoms with Crippen molar-refractivity contribution in [3.8, 4) is 11.5 Å². The summed E-state index contributed by atoms with van der Waals surface area (Å²) in [5.74, 6) is -2.36. The normalized spacial score (nSPS) is 24.8. The molecule has 6 N–H and O–H groups in total. The quantitative estimate of drug-likeness (QED) is 0.413. The summed E-state index contributed by atoms with van der Waals surface area (Å²) in [6.45, 7) is 3.93. The van der Waals surface area contributed by atoms with Crippen LogP contribution in [0.3, 0.4) is 0 Å². The van der Waals surface area contributed by atoms with E-state index in [1.165, 1.54) is 16.4 Å². The molecule has 2 fully saturated rings. The van der Waals surface area contributed by atoms with E-state index in [9.17, 15) is 21.6 Å². The van der Waals surface area contributed by atoms with E-state index in [4.69, 9.17) is 25.7 Å². The molecule has 1 atom stereocenters. The molecular formula is C24H30F3N7O5S. The average Bonchev–Trinajstić information content (AvgIpc) is 3.38. The fraction of sp³-hybridized carbons (Fsp3) is 0.542. The van der Waals surface area contributed by atoms with Gasteiger partial charge in [0.05, 0.1) is 29.9 Å². The van der Waals surface area contributed by atoms with Gasteiger partial charge in [0, 0.05) is 38.4 Å². The van der Waals surface area contributed by atoms with Crippen molar-refractivity contribution in [3.05, 3.63) is 35.0 Å². The van der Waals surface area contributed by atoms with Crippen molar-refractivity contribution in [2.45, 2.75) is 35.7 Å². The van der Waals surface area contributed by atoms with Crippen LogP contribution in [0.25, 0.3) is 0 Å². The summed E-state index contributed by atoms with van der Waals surface area (Å²) < 4.78 is 86.4. The van der Waals surface area contributed by atoms with Crippen LogP contribution >= 0.6 is 0 Å². The minimum atomic E-state index is -4.66. The first-order valence-electron chi connectivity index (χ1n) is 13.0. The molecule has 1 unspecified atom stereocenters. The first kappa shape index (κ1) is 27.1. The summed E-state index contributed by atoms with van der Waals surface area (Å²) in [5, 5.41) is 2.77. The zero-order valence-corrected chi connectivity index (χ0v) is 22.3. The smallest absolute Gasteiger partial charge is 0.418 e. The molecule has 4 aliphatic heterocycles. The molecule has 0 saturated carbocycles. The van der Waals surface area contributed by atoms with E-state index in [0.717, 1.165) is 19.3 Å². The number of amidine groups is 1. The number of anilines is 1. The van der Waals surface area contributed by atoms with Crippen LogP contribution in [-0.4, -0.2) is 87.1 Å². The van der Waals surface area contributed by atoms with E-state index in [0.29, 0.717) is 45.2 Å². The number of benzene rings is 1. The highest BCUT2D eigenvalue weighted by molar-refractivity contribution is 7.89. The molecule has 6 rings (SSSR count). The largest absolute Gasteiger partial charge is 0.486 e. The predicted molar refractivity (Wildman–Crippen MR) is 138 cm³/mol. The molecule has 1 aromatic heterocycles. The molecular weight excluding hydrogens is 555 g/mol. The summed E-state index contributed by atoms with van der Waals surface area (Å²) in [4.78, 5) is 8.93. The number of aliphatic imine (C=N–C) groups is 1. The summed E-state index contributed by atoms with van der Waals surface area (Å²) in [6.07, 6.45) is -2.50. The zero-order chi connectivity index (χ0) is 28.3. The van der Waals surface area contributed by atoms with Crippen molar-refractivity contribution in [1.29, 1.82) is 0 Å². The van der Waals surface area contributed by atoms with Crippen molar-refractivity contribution in [3.63, 3.8) is 0 Å². The molecule has 1 aromatic carbocycles. The number of halogens is 3. The first-order valence-corrected chi connectivity index (χ1v) is 14.4. The van der Waals surface area contributed by atoms with Gasteiger partial charge in [0.2, 0.25) is 15.8 Å². The third-order valence-electron chi connectivity index (χ3n) is 7.72. The molecule has 0 spiro atoms. The predicted octanol–water partition coefficient (Wildman–Crippen LogP) is 1.19. The number of H-pyrrole nitrogens is 1. The number of hydrogen-bond acceptors (Lipinski definition) is 10. The Morgan fingerprint density at radius 2 is 1.70 bits per heavy atom. The number of fused-ring (bicyclic) bond motifs is 2. The number of aromatic amines is 1. The van der Waals surface area contributed by atoms with Gasteiger partial charge in [-0.2, -0.15) is 17.5 Å². The van der Waals surface area contributed by atoms with Crippen LogP contribution in [0.1, 0.15) is 29.5 Å². The number of morpholine rings is 1. The first-order chi connectivity index (χ1) is 19.0. The molecule has 0 radical (unpaired) electrons. The highest BCUT2D eigenvalue weighted by Gasteiger charge is 2.44. The van der Waals surface area contributed by atoms with Crippen LogP contribution in [0.4, 0.5) is 19.0 Å². The Balaban J connectivity index is 1.30. The Bertz CT molecular complexity index is 1430. The molecule has 2 aromatic rings. The zero-order valence-electron chi connectivity index (χ0n) is 21.5. The van der Waals surface area contributed by atoms with Crippen molar-refractivity contribution in [1.82, 2.24) is 14.2 Å². The van der Waals surface area contributed by atoms with Crippen molar-refractivity contribution in [2.24, 2.45) is 16.5 Å². The third-order valence-corrected chi connectivity index (χ3v) is 9.64. The van der Waals surface area contributed by atoms with Crippen LogP contribution in [0, 0.1) is 0 Å². The Hall–Kier alpha value is -3.05. The topological polar surface area (TPSA) is 161 Å². The molecule has 0 amide bonds. The van der Waals surface area contributed by atoms with Crippen molar-refractivity contribution in [2.75, 3.05) is 57.9 Å². The molecule has 16 heteroatoms. The van der Waals surface area contributed by atoms with E-state index < -0.39 is 33.4 Å². The van der Waals surface area contributed by atoms with E-state index in [1.807, 2.05) is 0 Å². The van der Waals surface area contributed by atoms with Gasteiger partial charge in [-0.25, -0.2) is 13.4 Å². The van der Waals surface area contributed by atoms with Crippen molar-refractivity contribution >= 4 is 21.7 Å². The summed E-state index contributed by atoms with van der Waals surface area (Å²) >= 11 is 0. The lowest BCUT2D eigenvalue weighted by atomic mass is 10.0. The highest BCUT2D eigenvalue weighted by atomic mass is 32.2. The maximum absolute atomic E-state index is 13.8. The van der Waals surface area contributed by atoms with E-state index in [1.54, 1.807) is 0 Å². The maximum Gasteiger partial charge on any atom is 0.418 e. The van der Waals surface area contributed by atoms with Crippen LogP contribution in [-0.2, 0) is 26.7 Å². The van der Waals surface area contributed by atoms with Gasteiger partial charge in [0.25, 0.3) is 0 Å². The second kappa shape index (κ2) is 9.80. The molecule has 12 nitrogen and oxygen atoms in total. The Labute approximate surface area is 228 Å². The van der Waals surface area contributed by atoms with Crippen LogP contribution in [0.2, 0.25) is 0 Å². The monoisotopic (exact) mass is 585 g/mol. The summed E-state index contributed by atoms with van der Waals surface area (Å²) in [6, 6.07) is 3.07. The number of nitrogens with one attached hydrogen (secondary N) is 2. The lowest BCUT2D eigenvalue weighted by Crippen LogP contribution is -2.50. The molecule has 40 heavy (non-hydrogen) atoms. The van der Waals surface area contributed by atoms with Gasteiger partial charge >= 0.3 is 6.18 Å². The summed E-state index contributed by atoms with van der Waals surface area (Å²) in [5.41, 5.74) is 11.3. The summed E-state index contributed by atoms with van der Waals surface area (Å²) in [7, 11) is -3.97. The lowest BCUT2D eigenvalue weighted by molar-refractivity contribution is -0.137. The molecule has 0 bridgehead atoms. The fourth-order valence-corrected chi connectivity index (χ4v) is 7.34. The standard InChI is InChI=1S/C24H30F3N7O5S/c25-23(26,27)16-13-30-22-18(16)21(28)31-24(29,32-22)15-1-2-17(20-19(15)38-11-12-39-20)40(35,36)34-5-3-14(4-6-34)33-7-9-37-10-8-33/h1-2,13-14,30,32H,3-12,29H2,(H2,28,31). The minimum absolute atomic E-state index is 0.0206. The van der Waals surface area contributed by atoms with Crippen LogP contribution in [0.5, 0.6) is 11.5 Å². The molecule has 5 heterocycles. The molecule has 218 valence electrons. The average molecular weight is 586 g/mol. The number of hydrogen-bond donors (Lipinski definition) is 4. The lowest BCUT2D eigenvalue weighted by Gasteiger charge is -2.40. The number of nitrogens with two attached hydrogens (primary N) is 2. The minimum Gasteiger partial charge on any atom is -0.486 e. The van der Waals surface area contributed by atoms with Gasteiger partial charge in [0.15, 0.2) is 11.5 Å². The molecule has 4 aliphatic rings. The molecule has 0 aliphatic carbocycles. The van der Waals surface area contributed by atoms with E-state index >= 15 is 0 Å². The number of rotatable bonds is 4. The maximum atomic E-state index is 13.8. The second-order valence-electron chi connectivity index (χ2n) is 10.1. The number of sulfonamides is 1. The van der Waals surface area contributed by atoms with E-state index in [-0.39, 0.29) is 46.6 Å². The van der Waals surface area contributed by atoms with Gasteiger partial charge in [0.1, 0.15) is 29.8 Å². The fourth-order valence-electron chi connectivity index (χ4n) is 5.75. The number of aromatic nitrogens is 1. The number of alkyl halides is 3. The van der Waals surface area contributed by atoms with E-state index in [2.05, 4.69) is 20.2 Å². The Morgan fingerprint density at radius 1 is 1.02 bits per heavy atom. The van der Waals surface area contributed by atoms with Crippen LogP contribution in [0.15, 0.2) is 28.2 Å². The van der Waals surface area contributed by atoms with Gasteiger partial charge in [-0.1, -0.05) is 0 Å². The number of piperidine rings is 1. The van der Waals surface area contributed by atoms with Gasteiger partial charge in [-0.15, -0.1) is 0 Å². The second-order valence-corrected chi connectivity index (χ2v) is 12.0.